The van der Waals surface area contributed by atoms with Crippen molar-refractivity contribution in [2.45, 2.75) is 25.8 Å². The number of halogens is 2. The van der Waals surface area contributed by atoms with E-state index in [9.17, 15) is 0 Å². The Morgan fingerprint density at radius 2 is 2.22 bits per heavy atom. The number of nitrogens with two attached hydrogens (primary N) is 1. The second-order valence-corrected chi connectivity index (χ2v) is 6.00. The van der Waals surface area contributed by atoms with E-state index in [1.165, 1.54) is 12.8 Å². The topological polar surface area (TPSA) is 29.3 Å². The molecule has 1 fully saturated rings. The highest BCUT2D eigenvalue weighted by Crippen LogP contribution is 2.31. The maximum absolute atomic E-state index is 6.29. The highest BCUT2D eigenvalue weighted by atomic mass is 35.5. The second kappa shape index (κ2) is 6.25. The predicted molar refractivity (Wildman–Crippen MR) is 78.2 cm³/mol. The van der Waals surface area contributed by atoms with Gasteiger partial charge in [0, 0.05) is 29.2 Å². The monoisotopic (exact) mass is 286 g/mol. The molecular weight excluding hydrogens is 267 g/mol. The van der Waals surface area contributed by atoms with Crippen LogP contribution in [0.1, 0.15) is 31.4 Å². The van der Waals surface area contributed by atoms with Crippen molar-refractivity contribution in [1.29, 1.82) is 0 Å². The van der Waals surface area contributed by atoms with Crippen LogP contribution in [-0.2, 0) is 0 Å². The summed E-state index contributed by atoms with van der Waals surface area (Å²) in [6.07, 6.45) is 2.55. The number of hydrogen-bond acceptors (Lipinski definition) is 2. The second-order valence-electron chi connectivity index (χ2n) is 5.16. The van der Waals surface area contributed by atoms with Crippen molar-refractivity contribution in [2.75, 3.05) is 19.6 Å². The van der Waals surface area contributed by atoms with Gasteiger partial charge in [-0.25, -0.2) is 0 Å². The third-order valence-corrected chi connectivity index (χ3v) is 4.24. The van der Waals surface area contributed by atoms with Crippen LogP contribution in [0.15, 0.2) is 18.2 Å². The van der Waals surface area contributed by atoms with Crippen molar-refractivity contribution >= 4 is 23.2 Å². The molecule has 1 aliphatic rings. The van der Waals surface area contributed by atoms with Crippen LogP contribution in [0.5, 0.6) is 0 Å². The van der Waals surface area contributed by atoms with Crippen LogP contribution in [0.2, 0.25) is 10.0 Å². The Balaban J connectivity index is 2.21. The van der Waals surface area contributed by atoms with E-state index in [1.54, 1.807) is 6.07 Å². The number of benzene rings is 1. The minimum atomic E-state index is 0.206. The highest BCUT2D eigenvalue weighted by molar-refractivity contribution is 6.35. The van der Waals surface area contributed by atoms with Gasteiger partial charge in [0.1, 0.15) is 0 Å². The van der Waals surface area contributed by atoms with Crippen LogP contribution in [0.4, 0.5) is 0 Å². The standard InChI is InChI=1S/C14H20Cl2N2/c1-10-3-2-6-18(9-10)14(8-17)12-5-4-11(15)7-13(12)16/h4-5,7,10,14H,2-3,6,8-9,17H2,1H3. The van der Waals surface area contributed by atoms with E-state index in [2.05, 4.69) is 11.8 Å². The van der Waals surface area contributed by atoms with Crippen molar-refractivity contribution in [1.82, 2.24) is 4.90 Å². The lowest BCUT2D eigenvalue weighted by Crippen LogP contribution is -2.40. The van der Waals surface area contributed by atoms with Gasteiger partial charge in [-0.1, -0.05) is 36.2 Å². The van der Waals surface area contributed by atoms with Gasteiger partial charge in [0.05, 0.1) is 0 Å². The lowest BCUT2D eigenvalue weighted by molar-refractivity contribution is 0.133. The molecule has 2 rings (SSSR count). The number of piperidine rings is 1. The molecule has 0 radical (unpaired) electrons. The van der Waals surface area contributed by atoms with Crippen LogP contribution >= 0.6 is 23.2 Å². The Bertz CT molecular complexity index is 409. The fraction of sp³-hybridized carbons (Fsp3) is 0.571. The third kappa shape index (κ3) is 3.18. The first-order chi connectivity index (χ1) is 8.61. The minimum Gasteiger partial charge on any atom is -0.329 e. The third-order valence-electron chi connectivity index (χ3n) is 3.67. The molecule has 1 aromatic carbocycles. The lowest BCUT2D eigenvalue weighted by Gasteiger charge is -2.37. The van der Waals surface area contributed by atoms with Crippen LogP contribution < -0.4 is 5.73 Å². The Labute approximate surface area is 119 Å². The van der Waals surface area contributed by atoms with E-state index in [0.29, 0.717) is 11.6 Å². The number of rotatable bonds is 3. The van der Waals surface area contributed by atoms with Crippen LogP contribution in [0, 0.1) is 5.92 Å². The van der Waals surface area contributed by atoms with Gasteiger partial charge >= 0.3 is 0 Å². The molecule has 0 bridgehead atoms. The van der Waals surface area contributed by atoms with Gasteiger partial charge in [-0.2, -0.15) is 0 Å². The Hall–Kier alpha value is -0.280. The molecule has 0 aromatic heterocycles. The average molecular weight is 287 g/mol. The minimum absolute atomic E-state index is 0.206. The molecule has 0 amide bonds. The van der Waals surface area contributed by atoms with Crippen molar-refractivity contribution < 1.29 is 0 Å². The normalized spacial score (nSPS) is 23.0. The van der Waals surface area contributed by atoms with Gasteiger partial charge in [0.15, 0.2) is 0 Å². The maximum Gasteiger partial charge on any atom is 0.0485 e. The Kier molecular flexibility index (Phi) is 4.91. The summed E-state index contributed by atoms with van der Waals surface area (Å²) in [5.41, 5.74) is 7.05. The summed E-state index contributed by atoms with van der Waals surface area (Å²) in [6.45, 7) is 5.09. The molecule has 2 N–H and O–H groups in total. The summed E-state index contributed by atoms with van der Waals surface area (Å²) in [6, 6.07) is 5.90. The molecule has 1 aliphatic heterocycles. The van der Waals surface area contributed by atoms with Gasteiger partial charge in [-0.05, 0) is 43.0 Å². The van der Waals surface area contributed by atoms with Crippen LogP contribution in [-0.4, -0.2) is 24.5 Å². The van der Waals surface area contributed by atoms with E-state index in [4.69, 9.17) is 28.9 Å². The zero-order valence-electron chi connectivity index (χ0n) is 10.7. The van der Waals surface area contributed by atoms with E-state index in [-0.39, 0.29) is 6.04 Å². The van der Waals surface area contributed by atoms with Crippen molar-refractivity contribution in [3.8, 4) is 0 Å². The fourth-order valence-corrected chi connectivity index (χ4v) is 3.29. The molecule has 1 saturated heterocycles. The summed E-state index contributed by atoms with van der Waals surface area (Å²) in [5.74, 6) is 0.735. The molecule has 4 heteroatoms. The van der Waals surface area contributed by atoms with E-state index >= 15 is 0 Å². The van der Waals surface area contributed by atoms with Crippen LogP contribution in [0.25, 0.3) is 0 Å². The number of likely N-dealkylation sites (tertiary alicyclic amines) is 1. The zero-order chi connectivity index (χ0) is 13.1. The summed E-state index contributed by atoms with van der Waals surface area (Å²) < 4.78 is 0. The summed E-state index contributed by atoms with van der Waals surface area (Å²) in [7, 11) is 0. The van der Waals surface area contributed by atoms with Gasteiger partial charge in [0.2, 0.25) is 0 Å². The molecule has 0 spiro atoms. The van der Waals surface area contributed by atoms with E-state index in [0.717, 1.165) is 29.6 Å². The van der Waals surface area contributed by atoms with Crippen molar-refractivity contribution in [2.24, 2.45) is 11.7 Å². The molecular formula is C14H20Cl2N2. The highest BCUT2D eigenvalue weighted by Gasteiger charge is 2.25. The molecule has 1 heterocycles. The first-order valence-electron chi connectivity index (χ1n) is 6.51. The molecule has 0 saturated carbocycles. The SMILES string of the molecule is CC1CCCN(C(CN)c2ccc(Cl)cc2Cl)C1. The summed E-state index contributed by atoms with van der Waals surface area (Å²) in [5, 5.41) is 1.39. The van der Waals surface area contributed by atoms with Crippen LogP contribution in [0.3, 0.4) is 0 Å². The van der Waals surface area contributed by atoms with Gasteiger partial charge in [0.25, 0.3) is 0 Å². The molecule has 0 aliphatic carbocycles. The molecule has 18 heavy (non-hydrogen) atoms. The molecule has 1 aromatic rings. The molecule has 2 unspecified atom stereocenters. The van der Waals surface area contributed by atoms with Gasteiger partial charge < -0.3 is 5.73 Å². The number of hydrogen-bond donors (Lipinski definition) is 1. The molecule has 2 nitrogen and oxygen atoms in total. The van der Waals surface area contributed by atoms with Gasteiger partial charge in [-0.3, -0.25) is 4.90 Å². The average Bonchev–Trinajstić information content (AvgIpc) is 2.33. The largest absolute Gasteiger partial charge is 0.329 e. The summed E-state index contributed by atoms with van der Waals surface area (Å²) in [4.78, 5) is 2.45. The predicted octanol–water partition coefficient (Wildman–Crippen LogP) is 3.73. The first kappa shape index (κ1) is 14.1. The van der Waals surface area contributed by atoms with Crippen molar-refractivity contribution in [3.05, 3.63) is 33.8 Å². The Morgan fingerprint density at radius 3 is 2.83 bits per heavy atom. The lowest BCUT2D eigenvalue weighted by atomic mass is 9.96. The molecule has 2 atom stereocenters. The Morgan fingerprint density at radius 1 is 1.44 bits per heavy atom. The smallest absolute Gasteiger partial charge is 0.0485 e. The van der Waals surface area contributed by atoms with Gasteiger partial charge in [-0.15, -0.1) is 0 Å². The number of nitrogens with zero attached hydrogens (tertiary/aromatic N) is 1. The fourth-order valence-electron chi connectivity index (χ4n) is 2.75. The van der Waals surface area contributed by atoms with Crippen molar-refractivity contribution in [3.63, 3.8) is 0 Å². The zero-order valence-corrected chi connectivity index (χ0v) is 12.2. The molecule has 100 valence electrons. The summed E-state index contributed by atoms with van der Waals surface area (Å²) >= 11 is 12.2. The maximum atomic E-state index is 6.29. The van der Waals surface area contributed by atoms with E-state index in [1.807, 2.05) is 12.1 Å². The van der Waals surface area contributed by atoms with E-state index < -0.39 is 0 Å². The quantitative estimate of drug-likeness (QED) is 0.918. The first-order valence-corrected chi connectivity index (χ1v) is 7.26.